The molecular weight excluding hydrogens is 337 g/mol. The van der Waals surface area contributed by atoms with Crippen molar-refractivity contribution < 1.29 is 4.79 Å². The number of halogens is 1. The quantitative estimate of drug-likeness (QED) is 0.809. The molecule has 0 aliphatic rings. The largest absolute Gasteiger partial charge is 0.322 e. The van der Waals surface area contributed by atoms with Crippen molar-refractivity contribution in [3.8, 4) is 0 Å². The van der Waals surface area contributed by atoms with Crippen LogP contribution in [-0.4, -0.2) is 5.91 Å². The third-order valence-corrected chi connectivity index (χ3v) is 3.52. The minimum absolute atomic E-state index is 0.0694. The van der Waals surface area contributed by atoms with Crippen molar-refractivity contribution in [3.05, 3.63) is 62.7 Å². The molecule has 2 aromatic rings. The van der Waals surface area contributed by atoms with E-state index in [9.17, 15) is 4.79 Å². The van der Waals surface area contributed by atoms with E-state index in [2.05, 4.69) is 27.9 Å². The Labute approximate surface area is 121 Å². The molecule has 0 aromatic heterocycles. The van der Waals surface area contributed by atoms with E-state index in [1.807, 2.05) is 56.3 Å². The molecule has 1 N–H and O–H groups in total. The number of rotatable bonds is 2. The van der Waals surface area contributed by atoms with Crippen LogP contribution in [-0.2, 0) is 0 Å². The summed E-state index contributed by atoms with van der Waals surface area (Å²) in [6.07, 6.45) is 0. The molecule has 0 atom stereocenters. The zero-order chi connectivity index (χ0) is 13.1. The fraction of sp³-hybridized carbons (Fsp3) is 0.133. The van der Waals surface area contributed by atoms with Gasteiger partial charge in [-0.05, 0) is 77.9 Å². The van der Waals surface area contributed by atoms with Gasteiger partial charge in [0.05, 0.1) is 0 Å². The van der Waals surface area contributed by atoms with E-state index in [1.54, 1.807) is 0 Å². The maximum absolute atomic E-state index is 12.1. The molecule has 0 unspecified atom stereocenters. The van der Waals surface area contributed by atoms with E-state index < -0.39 is 0 Å². The Morgan fingerprint density at radius 2 is 1.83 bits per heavy atom. The standard InChI is InChI=1S/C15H14INO/c1-10-6-7-12(8-11(10)2)15(18)17-14-5-3-4-13(16)9-14/h3-9H,1-2H3,(H,17,18). The van der Waals surface area contributed by atoms with Crippen LogP contribution in [0, 0.1) is 17.4 Å². The molecule has 0 aliphatic carbocycles. The minimum atomic E-state index is -0.0694. The average Bonchev–Trinajstić information content (AvgIpc) is 2.32. The van der Waals surface area contributed by atoms with Gasteiger partial charge < -0.3 is 5.32 Å². The number of aryl methyl sites for hydroxylation is 2. The van der Waals surface area contributed by atoms with Gasteiger partial charge in [-0.3, -0.25) is 4.79 Å². The third-order valence-electron chi connectivity index (χ3n) is 2.85. The van der Waals surface area contributed by atoms with Crippen LogP contribution in [0.4, 0.5) is 5.69 Å². The van der Waals surface area contributed by atoms with Crippen molar-refractivity contribution in [3.63, 3.8) is 0 Å². The van der Waals surface area contributed by atoms with Crippen LogP contribution in [0.5, 0.6) is 0 Å². The van der Waals surface area contributed by atoms with Gasteiger partial charge in [0.25, 0.3) is 5.91 Å². The van der Waals surface area contributed by atoms with Crippen molar-refractivity contribution >= 4 is 34.2 Å². The SMILES string of the molecule is Cc1ccc(C(=O)Nc2cccc(I)c2)cc1C. The van der Waals surface area contributed by atoms with Gasteiger partial charge in [0, 0.05) is 14.8 Å². The lowest BCUT2D eigenvalue weighted by Crippen LogP contribution is -2.12. The van der Waals surface area contributed by atoms with Crippen molar-refractivity contribution in [2.75, 3.05) is 5.32 Å². The first-order chi connectivity index (χ1) is 8.56. The lowest BCUT2D eigenvalue weighted by atomic mass is 10.1. The Balaban J connectivity index is 2.19. The fourth-order valence-corrected chi connectivity index (χ4v) is 2.20. The van der Waals surface area contributed by atoms with Crippen LogP contribution in [0.1, 0.15) is 21.5 Å². The molecule has 18 heavy (non-hydrogen) atoms. The van der Waals surface area contributed by atoms with Crippen LogP contribution in [0.25, 0.3) is 0 Å². The molecule has 3 heteroatoms. The highest BCUT2D eigenvalue weighted by atomic mass is 127. The van der Waals surface area contributed by atoms with Crippen LogP contribution in [0.2, 0.25) is 0 Å². The first kappa shape index (κ1) is 13.1. The van der Waals surface area contributed by atoms with E-state index in [0.717, 1.165) is 14.8 Å². The Bertz CT molecular complexity index is 593. The number of nitrogens with one attached hydrogen (secondary N) is 1. The Hall–Kier alpha value is -1.36. The van der Waals surface area contributed by atoms with Crippen LogP contribution in [0.15, 0.2) is 42.5 Å². The van der Waals surface area contributed by atoms with Crippen molar-refractivity contribution in [2.24, 2.45) is 0 Å². The molecule has 2 nitrogen and oxygen atoms in total. The van der Waals surface area contributed by atoms with Crippen LogP contribution >= 0.6 is 22.6 Å². The van der Waals surface area contributed by atoms with Crippen LogP contribution in [0.3, 0.4) is 0 Å². The Morgan fingerprint density at radius 3 is 2.50 bits per heavy atom. The summed E-state index contributed by atoms with van der Waals surface area (Å²) >= 11 is 2.23. The molecule has 0 radical (unpaired) electrons. The summed E-state index contributed by atoms with van der Waals surface area (Å²) in [5.41, 5.74) is 3.84. The van der Waals surface area contributed by atoms with Gasteiger partial charge in [0.2, 0.25) is 0 Å². The molecular formula is C15H14INO. The normalized spacial score (nSPS) is 10.2. The molecule has 0 aliphatic heterocycles. The monoisotopic (exact) mass is 351 g/mol. The summed E-state index contributed by atoms with van der Waals surface area (Å²) in [5, 5.41) is 2.90. The lowest BCUT2D eigenvalue weighted by Gasteiger charge is -2.07. The van der Waals surface area contributed by atoms with E-state index in [1.165, 1.54) is 5.56 Å². The number of anilines is 1. The fourth-order valence-electron chi connectivity index (χ4n) is 1.65. The van der Waals surface area contributed by atoms with Gasteiger partial charge in [0.1, 0.15) is 0 Å². The number of carbonyl (C=O) groups is 1. The topological polar surface area (TPSA) is 29.1 Å². The maximum Gasteiger partial charge on any atom is 0.255 e. The second-order valence-electron chi connectivity index (χ2n) is 4.26. The summed E-state index contributed by atoms with van der Waals surface area (Å²) in [7, 11) is 0. The highest BCUT2D eigenvalue weighted by Gasteiger charge is 2.07. The van der Waals surface area contributed by atoms with E-state index in [-0.39, 0.29) is 5.91 Å². The number of hydrogen-bond acceptors (Lipinski definition) is 1. The molecule has 0 bridgehead atoms. The summed E-state index contributed by atoms with van der Waals surface area (Å²) in [4.78, 5) is 12.1. The number of carbonyl (C=O) groups excluding carboxylic acids is 1. The molecule has 92 valence electrons. The van der Waals surface area contributed by atoms with Gasteiger partial charge in [0.15, 0.2) is 0 Å². The highest BCUT2D eigenvalue weighted by molar-refractivity contribution is 14.1. The van der Waals surface area contributed by atoms with Gasteiger partial charge in [-0.2, -0.15) is 0 Å². The summed E-state index contributed by atoms with van der Waals surface area (Å²) in [6, 6.07) is 13.5. The first-order valence-corrected chi connectivity index (χ1v) is 6.78. The number of amides is 1. The van der Waals surface area contributed by atoms with Crippen molar-refractivity contribution in [1.29, 1.82) is 0 Å². The zero-order valence-electron chi connectivity index (χ0n) is 10.3. The molecule has 2 rings (SSSR count). The molecule has 0 heterocycles. The molecule has 0 spiro atoms. The number of benzene rings is 2. The van der Waals surface area contributed by atoms with Crippen molar-refractivity contribution in [1.82, 2.24) is 0 Å². The van der Waals surface area contributed by atoms with Gasteiger partial charge in [-0.1, -0.05) is 12.1 Å². The molecule has 0 saturated carbocycles. The predicted molar refractivity (Wildman–Crippen MR) is 83.0 cm³/mol. The average molecular weight is 351 g/mol. The first-order valence-electron chi connectivity index (χ1n) is 5.70. The summed E-state index contributed by atoms with van der Waals surface area (Å²) < 4.78 is 1.10. The highest BCUT2D eigenvalue weighted by Crippen LogP contribution is 2.15. The molecule has 1 amide bonds. The molecule has 0 fully saturated rings. The maximum atomic E-state index is 12.1. The number of hydrogen-bond donors (Lipinski definition) is 1. The summed E-state index contributed by atoms with van der Waals surface area (Å²) in [5.74, 6) is -0.0694. The van der Waals surface area contributed by atoms with E-state index >= 15 is 0 Å². The third kappa shape index (κ3) is 3.10. The predicted octanol–water partition coefficient (Wildman–Crippen LogP) is 4.16. The smallest absolute Gasteiger partial charge is 0.255 e. The second kappa shape index (κ2) is 5.52. The molecule has 2 aromatic carbocycles. The second-order valence-corrected chi connectivity index (χ2v) is 5.51. The van der Waals surface area contributed by atoms with Crippen LogP contribution < -0.4 is 5.32 Å². The van der Waals surface area contributed by atoms with E-state index in [4.69, 9.17) is 0 Å². The van der Waals surface area contributed by atoms with Crippen molar-refractivity contribution in [2.45, 2.75) is 13.8 Å². The lowest BCUT2D eigenvalue weighted by molar-refractivity contribution is 0.102. The van der Waals surface area contributed by atoms with Gasteiger partial charge in [-0.15, -0.1) is 0 Å². The minimum Gasteiger partial charge on any atom is -0.322 e. The Kier molecular flexibility index (Phi) is 4.01. The van der Waals surface area contributed by atoms with E-state index in [0.29, 0.717) is 5.56 Å². The van der Waals surface area contributed by atoms with Gasteiger partial charge in [-0.25, -0.2) is 0 Å². The summed E-state index contributed by atoms with van der Waals surface area (Å²) in [6.45, 7) is 4.05. The molecule has 0 saturated heterocycles. The zero-order valence-corrected chi connectivity index (χ0v) is 12.5. The Morgan fingerprint density at radius 1 is 1.06 bits per heavy atom. The van der Waals surface area contributed by atoms with Gasteiger partial charge >= 0.3 is 0 Å².